The van der Waals surface area contributed by atoms with Crippen LogP contribution >= 0.6 is 0 Å². The number of aliphatic hydroxyl groups is 1. The number of rotatable bonds is 7. The van der Waals surface area contributed by atoms with Crippen molar-refractivity contribution in [2.45, 2.75) is 63.1 Å². The SMILES string of the molecule is CC[C@@]12C=CCN(Cc3ccccc3)C(=O)[C@@H]1[C@H]1C(=O)N([C@H](CO)c3ccccc3)C3C(=O)N(C(C)C)CC=C[C@@]31O2. The Bertz CT molecular complexity index is 1410. The maximum Gasteiger partial charge on any atom is 0.249 e. The first kappa shape index (κ1) is 28.4. The van der Waals surface area contributed by atoms with Gasteiger partial charge in [-0.05, 0) is 31.4 Å². The number of amides is 3. The standard InChI is InChI=1S/C34H39N3O5/c1-4-33-17-11-19-35(21-24-13-7-5-8-14-24)30(39)27(33)28-31(40)37(26(22-38)25-15-9-6-10-16-25)29-32(41)36(23(2)3)20-12-18-34(28,29)42-33/h5-18,23,26-29,38H,4,19-22H2,1-3H3/t26-,27+,28+,29?,33-,34+/m1/s1. The topological polar surface area (TPSA) is 90.4 Å². The Kier molecular flexibility index (Phi) is 7.31. The molecule has 42 heavy (non-hydrogen) atoms. The van der Waals surface area contributed by atoms with E-state index in [-0.39, 0.29) is 30.4 Å². The smallest absolute Gasteiger partial charge is 0.249 e. The normalized spacial score (nSPS) is 31.2. The second kappa shape index (κ2) is 10.8. The van der Waals surface area contributed by atoms with Crippen LogP contribution < -0.4 is 0 Å². The van der Waals surface area contributed by atoms with Crippen molar-refractivity contribution in [3.05, 3.63) is 96.1 Å². The molecule has 1 spiro atoms. The number of fused-ring (bicyclic) bond motifs is 2. The second-order valence-corrected chi connectivity index (χ2v) is 12.1. The van der Waals surface area contributed by atoms with Gasteiger partial charge in [-0.15, -0.1) is 0 Å². The number of nitrogens with zero attached hydrogens (tertiary/aromatic N) is 3. The van der Waals surface area contributed by atoms with Crippen LogP contribution in [0.3, 0.4) is 0 Å². The molecular weight excluding hydrogens is 530 g/mol. The Morgan fingerprint density at radius 1 is 0.881 bits per heavy atom. The van der Waals surface area contributed by atoms with Crippen molar-refractivity contribution in [3.63, 3.8) is 0 Å². The number of carbonyl (C=O) groups excluding carboxylic acids is 3. The highest BCUT2D eigenvalue weighted by Crippen LogP contribution is 2.59. The number of hydrogen-bond donors (Lipinski definition) is 1. The van der Waals surface area contributed by atoms with Gasteiger partial charge < -0.3 is 24.5 Å². The van der Waals surface area contributed by atoms with Crippen molar-refractivity contribution < 1.29 is 24.2 Å². The molecular formula is C34H39N3O5. The van der Waals surface area contributed by atoms with Crippen LogP contribution in [-0.4, -0.2) is 80.5 Å². The predicted octanol–water partition coefficient (Wildman–Crippen LogP) is 3.49. The van der Waals surface area contributed by atoms with Gasteiger partial charge in [-0.25, -0.2) is 0 Å². The third-order valence-electron chi connectivity index (χ3n) is 9.52. The molecule has 6 atom stereocenters. The second-order valence-electron chi connectivity index (χ2n) is 12.1. The van der Waals surface area contributed by atoms with E-state index in [4.69, 9.17) is 4.74 Å². The van der Waals surface area contributed by atoms with E-state index in [1.165, 1.54) is 4.90 Å². The quantitative estimate of drug-likeness (QED) is 0.516. The summed E-state index contributed by atoms with van der Waals surface area (Å²) in [7, 11) is 0. The van der Waals surface area contributed by atoms with Crippen molar-refractivity contribution >= 4 is 17.7 Å². The molecule has 8 heteroatoms. The van der Waals surface area contributed by atoms with Crippen LogP contribution in [0.1, 0.15) is 44.4 Å². The lowest BCUT2D eigenvalue weighted by molar-refractivity contribution is -0.158. The molecule has 0 saturated carbocycles. The third-order valence-corrected chi connectivity index (χ3v) is 9.52. The first-order valence-electron chi connectivity index (χ1n) is 14.9. The molecule has 220 valence electrons. The van der Waals surface area contributed by atoms with Gasteiger partial charge in [-0.3, -0.25) is 14.4 Å². The van der Waals surface area contributed by atoms with Crippen molar-refractivity contribution in [1.82, 2.24) is 14.7 Å². The van der Waals surface area contributed by atoms with Gasteiger partial charge in [0.1, 0.15) is 11.6 Å². The van der Waals surface area contributed by atoms with E-state index in [1.54, 1.807) is 9.80 Å². The molecule has 2 aromatic carbocycles. The Balaban J connectivity index is 1.50. The highest BCUT2D eigenvalue weighted by Gasteiger charge is 2.76. The zero-order valence-corrected chi connectivity index (χ0v) is 24.4. The lowest BCUT2D eigenvalue weighted by Crippen LogP contribution is -2.58. The fraction of sp³-hybridized carbons (Fsp3) is 0.441. The van der Waals surface area contributed by atoms with Crippen molar-refractivity contribution in [1.29, 1.82) is 0 Å². The number of hydrogen-bond acceptors (Lipinski definition) is 5. The molecule has 4 aliphatic rings. The van der Waals surface area contributed by atoms with E-state index in [9.17, 15) is 19.5 Å². The molecule has 1 unspecified atom stereocenters. The number of aliphatic hydroxyl groups excluding tert-OH is 1. The molecule has 2 aromatic rings. The minimum absolute atomic E-state index is 0.118. The number of carbonyl (C=O) groups is 3. The van der Waals surface area contributed by atoms with E-state index in [2.05, 4.69) is 0 Å². The van der Waals surface area contributed by atoms with Crippen LogP contribution in [0.5, 0.6) is 0 Å². The Hall–Kier alpha value is -3.75. The first-order valence-corrected chi connectivity index (χ1v) is 14.9. The highest BCUT2D eigenvalue weighted by atomic mass is 16.5. The fourth-order valence-electron chi connectivity index (χ4n) is 7.54. The van der Waals surface area contributed by atoms with Gasteiger partial charge in [0.2, 0.25) is 17.7 Å². The molecule has 4 aliphatic heterocycles. The Morgan fingerprint density at radius 3 is 2.19 bits per heavy atom. The predicted molar refractivity (Wildman–Crippen MR) is 158 cm³/mol. The summed E-state index contributed by atoms with van der Waals surface area (Å²) in [6.45, 7) is 6.67. The molecule has 2 saturated heterocycles. The van der Waals surface area contributed by atoms with E-state index in [1.807, 2.05) is 106 Å². The lowest BCUT2D eigenvalue weighted by atomic mass is 9.73. The van der Waals surface area contributed by atoms with Crippen molar-refractivity contribution in [2.75, 3.05) is 19.7 Å². The van der Waals surface area contributed by atoms with Gasteiger partial charge in [0.15, 0.2) is 0 Å². The molecule has 3 amide bonds. The largest absolute Gasteiger partial charge is 0.394 e. The van der Waals surface area contributed by atoms with E-state index >= 15 is 0 Å². The van der Waals surface area contributed by atoms with Crippen LogP contribution in [0.25, 0.3) is 0 Å². The van der Waals surface area contributed by atoms with Gasteiger partial charge in [0.05, 0.1) is 30.1 Å². The zero-order valence-electron chi connectivity index (χ0n) is 24.4. The maximum atomic E-state index is 14.8. The maximum absolute atomic E-state index is 14.8. The zero-order chi connectivity index (χ0) is 29.6. The molecule has 4 heterocycles. The van der Waals surface area contributed by atoms with Crippen LogP contribution in [0.4, 0.5) is 0 Å². The third kappa shape index (κ3) is 4.23. The summed E-state index contributed by atoms with van der Waals surface area (Å²) in [5.41, 5.74) is -0.696. The summed E-state index contributed by atoms with van der Waals surface area (Å²) in [6, 6.07) is 17.2. The van der Waals surface area contributed by atoms with Gasteiger partial charge in [-0.2, -0.15) is 0 Å². The summed E-state index contributed by atoms with van der Waals surface area (Å²) in [6.07, 6.45) is 8.15. The van der Waals surface area contributed by atoms with Crippen molar-refractivity contribution in [2.24, 2.45) is 11.8 Å². The fourth-order valence-corrected chi connectivity index (χ4v) is 7.54. The molecule has 1 N–H and O–H groups in total. The number of ether oxygens (including phenoxy) is 1. The van der Waals surface area contributed by atoms with E-state index in [0.29, 0.717) is 26.1 Å². The molecule has 0 radical (unpaired) electrons. The molecule has 8 nitrogen and oxygen atoms in total. The highest BCUT2D eigenvalue weighted by molar-refractivity contribution is 6.00. The van der Waals surface area contributed by atoms with E-state index in [0.717, 1.165) is 11.1 Å². The van der Waals surface area contributed by atoms with Crippen molar-refractivity contribution in [3.8, 4) is 0 Å². The summed E-state index contributed by atoms with van der Waals surface area (Å²) in [4.78, 5) is 48.9. The summed E-state index contributed by atoms with van der Waals surface area (Å²) >= 11 is 0. The molecule has 0 bridgehead atoms. The molecule has 2 fully saturated rings. The Labute approximate surface area is 247 Å². The van der Waals surface area contributed by atoms with E-state index < -0.39 is 35.1 Å². The van der Waals surface area contributed by atoms with Gasteiger partial charge in [-0.1, -0.05) is 91.9 Å². The van der Waals surface area contributed by atoms with Gasteiger partial charge in [0, 0.05) is 25.7 Å². The number of likely N-dealkylation sites (tertiary alicyclic amines) is 1. The van der Waals surface area contributed by atoms with Crippen LogP contribution in [0, 0.1) is 11.8 Å². The minimum atomic E-state index is -1.36. The monoisotopic (exact) mass is 569 g/mol. The number of benzene rings is 2. The molecule has 0 aromatic heterocycles. The van der Waals surface area contributed by atoms with Gasteiger partial charge in [0.25, 0.3) is 0 Å². The summed E-state index contributed by atoms with van der Waals surface area (Å²) in [5, 5.41) is 10.7. The average Bonchev–Trinajstić information content (AvgIpc) is 3.29. The van der Waals surface area contributed by atoms with Crippen LogP contribution in [0.2, 0.25) is 0 Å². The molecule has 0 aliphatic carbocycles. The minimum Gasteiger partial charge on any atom is -0.394 e. The summed E-state index contributed by atoms with van der Waals surface area (Å²) < 4.78 is 7.06. The van der Waals surface area contributed by atoms with Gasteiger partial charge >= 0.3 is 0 Å². The van der Waals surface area contributed by atoms with Crippen LogP contribution in [0.15, 0.2) is 85.0 Å². The molecule has 6 rings (SSSR count). The summed E-state index contributed by atoms with van der Waals surface area (Å²) in [5.74, 6) is -2.49. The average molecular weight is 570 g/mol. The first-order chi connectivity index (χ1) is 20.3. The van der Waals surface area contributed by atoms with Crippen LogP contribution in [-0.2, 0) is 25.7 Å². The lowest BCUT2D eigenvalue weighted by Gasteiger charge is -2.41. The Morgan fingerprint density at radius 2 is 1.55 bits per heavy atom.